The van der Waals surface area contributed by atoms with E-state index in [1.54, 1.807) is 0 Å². The van der Waals surface area contributed by atoms with E-state index in [0.29, 0.717) is 35.9 Å². The van der Waals surface area contributed by atoms with Crippen LogP contribution < -0.4 is 0 Å². The van der Waals surface area contributed by atoms with E-state index in [1.165, 1.54) is 5.57 Å². The van der Waals surface area contributed by atoms with Crippen molar-refractivity contribution in [3.63, 3.8) is 0 Å². The van der Waals surface area contributed by atoms with E-state index >= 15 is 0 Å². The first-order chi connectivity index (χ1) is 10.9. The van der Waals surface area contributed by atoms with Gasteiger partial charge in [-0.1, -0.05) is 19.4 Å². The van der Waals surface area contributed by atoms with Gasteiger partial charge in [-0.05, 0) is 61.9 Å². The van der Waals surface area contributed by atoms with Crippen LogP contribution in [0.25, 0.3) is 0 Å². The highest BCUT2D eigenvalue weighted by Gasteiger charge is 2.61. The Morgan fingerprint density at radius 2 is 1.96 bits per heavy atom. The van der Waals surface area contributed by atoms with E-state index in [-0.39, 0.29) is 23.2 Å². The van der Waals surface area contributed by atoms with Crippen molar-refractivity contribution in [3.8, 4) is 0 Å². The third-order valence-electron chi connectivity index (χ3n) is 8.02. The van der Waals surface area contributed by atoms with E-state index in [2.05, 4.69) is 13.8 Å². The molecule has 0 aliphatic heterocycles. The maximum atomic E-state index is 12.5. The third kappa shape index (κ3) is 1.92. The predicted octanol–water partition coefficient (Wildman–Crippen LogP) is 3.31. The fourth-order valence-electron chi connectivity index (χ4n) is 6.79. The molecule has 0 saturated heterocycles. The molecule has 0 aromatic carbocycles. The zero-order chi connectivity index (χ0) is 16.4. The van der Waals surface area contributed by atoms with Crippen molar-refractivity contribution in [1.29, 1.82) is 0 Å². The molecule has 0 radical (unpaired) electrons. The molecule has 3 nitrogen and oxygen atoms in total. The average molecular weight is 316 g/mol. The Bertz CT molecular complexity index is 592. The van der Waals surface area contributed by atoms with E-state index in [0.717, 1.165) is 38.5 Å². The highest BCUT2D eigenvalue weighted by molar-refractivity contribution is 5.91. The first kappa shape index (κ1) is 15.6. The Morgan fingerprint density at radius 1 is 1.17 bits per heavy atom. The van der Waals surface area contributed by atoms with Crippen LogP contribution in [0.15, 0.2) is 11.6 Å². The summed E-state index contributed by atoms with van der Waals surface area (Å²) < 4.78 is 0. The average Bonchev–Trinajstić information content (AvgIpc) is 2.83. The summed E-state index contributed by atoms with van der Waals surface area (Å²) in [5.74, 6) is 2.65. The smallest absolute Gasteiger partial charge is 0.155 e. The van der Waals surface area contributed by atoms with E-state index in [4.69, 9.17) is 0 Å². The second-order valence-corrected chi connectivity index (χ2v) is 8.84. The second kappa shape index (κ2) is 5.02. The van der Waals surface area contributed by atoms with Crippen LogP contribution in [-0.2, 0) is 9.59 Å². The van der Waals surface area contributed by atoms with Crippen molar-refractivity contribution in [2.75, 3.05) is 6.61 Å². The molecule has 4 aliphatic rings. The maximum Gasteiger partial charge on any atom is 0.155 e. The number of aliphatic hydroxyl groups is 1. The van der Waals surface area contributed by atoms with Crippen molar-refractivity contribution in [2.24, 2.45) is 34.5 Å². The Kier molecular flexibility index (Phi) is 3.39. The van der Waals surface area contributed by atoms with Gasteiger partial charge in [0, 0.05) is 23.7 Å². The number of rotatable bonds is 1. The molecule has 1 unspecified atom stereocenters. The van der Waals surface area contributed by atoms with E-state index in [9.17, 15) is 14.7 Å². The highest BCUT2D eigenvalue weighted by atomic mass is 16.3. The van der Waals surface area contributed by atoms with Gasteiger partial charge in [0.1, 0.15) is 5.78 Å². The Hall–Kier alpha value is -0.960. The van der Waals surface area contributed by atoms with Gasteiger partial charge in [0.25, 0.3) is 0 Å². The Balaban J connectivity index is 1.77. The van der Waals surface area contributed by atoms with Crippen LogP contribution in [-0.4, -0.2) is 23.3 Å². The number of aliphatic hydroxyl groups excluding tert-OH is 1. The standard InChI is InChI=1S/C20H28O3/c1-12-9-13-10-14(22)5-8-20(13,11-21)16-6-7-19(2)15(18(12)16)3-4-17(19)23/h10,12,15-16,18,21H,3-9,11H2,1-2H3/t12?,15-,16+,18-,19-,20+/m0/s1. The van der Waals surface area contributed by atoms with Gasteiger partial charge in [-0.15, -0.1) is 0 Å². The molecule has 23 heavy (non-hydrogen) atoms. The number of carbonyl (C=O) groups excluding carboxylic acids is 2. The molecule has 4 aliphatic carbocycles. The van der Waals surface area contributed by atoms with Crippen LogP contribution in [0.1, 0.15) is 58.8 Å². The number of carbonyl (C=O) groups is 2. The van der Waals surface area contributed by atoms with Crippen molar-refractivity contribution in [3.05, 3.63) is 11.6 Å². The zero-order valence-corrected chi connectivity index (χ0v) is 14.3. The van der Waals surface area contributed by atoms with Gasteiger partial charge < -0.3 is 5.11 Å². The SMILES string of the molecule is CC1CC2=CC(=O)CC[C@]2(CO)[C@@H]2CC[C@]3(C)C(=O)CC[C@H]3[C@H]12. The highest BCUT2D eigenvalue weighted by Crippen LogP contribution is 2.65. The van der Waals surface area contributed by atoms with Gasteiger partial charge in [-0.25, -0.2) is 0 Å². The second-order valence-electron chi connectivity index (χ2n) is 8.84. The lowest BCUT2D eigenvalue weighted by Crippen LogP contribution is -2.55. The fourth-order valence-corrected chi connectivity index (χ4v) is 6.79. The minimum atomic E-state index is -0.182. The van der Waals surface area contributed by atoms with Crippen LogP contribution in [0.4, 0.5) is 0 Å². The largest absolute Gasteiger partial charge is 0.395 e. The van der Waals surface area contributed by atoms with Gasteiger partial charge in [-0.3, -0.25) is 9.59 Å². The van der Waals surface area contributed by atoms with Crippen LogP contribution in [0.5, 0.6) is 0 Å². The molecule has 3 fully saturated rings. The Labute approximate surface area is 138 Å². The fraction of sp³-hybridized carbons (Fsp3) is 0.800. The summed E-state index contributed by atoms with van der Waals surface area (Å²) in [5.41, 5.74) is 0.897. The molecule has 0 bridgehead atoms. The Morgan fingerprint density at radius 3 is 2.70 bits per heavy atom. The summed E-state index contributed by atoms with van der Waals surface area (Å²) >= 11 is 0. The molecule has 4 rings (SSSR count). The lowest BCUT2D eigenvalue weighted by atomic mass is 9.45. The third-order valence-corrected chi connectivity index (χ3v) is 8.02. The van der Waals surface area contributed by atoms with Crippen molar-refractivity contribution < 1.29 is 14.7 Å². The molecule has 0 spiro atoms. The predicted molar refractivity (Wildman–Crippen MR) is 87.7 cm³/mol. The number of hydrogen-bond donors (Lipinski definition) is 1. The van der Waals surface area contributed by atoms with Crippen LogP contribution in [0, 0.1) is 34.5 Å². The first-order valence-corrected chi connectivity index (χ1v) is 9.30. The molecule has 6 atom stereocenters. The summed E-state index contributed by atoms with van der Waals surface area (Å²) in [4.78, 5) is 24.4. The number of Topliss-reactive ketones (excluding diaryl/α,β-unsaturated/α-hetero) is 1. The molecular weight excluding hydrogens is 288 g/mol. The van der Waals surface area contributed by atoms with Gasteiger partial charge in [0.15, 0.2) is 5.78 Å². The van der Waals surface area contributed by atoms with Gasteiger partial charge >= 0.3 is 0 Å². The van der Waals surface area contributed by atoms with Crippen molar-refractivity contribution in [2.45, 2.75) is 58.8 Å². The van der Waals surface area contributed by atoms with E-state index in [1.807, 2.05) is 6.08 Å². The summed E-state index contributed by atoms with van der Waals surface area (Å²) in [7, 11) is 0. The van der Waals surface area contributed by atoms with Crippen molar-refractivity contribution in [1.82, 2.24) is 0 Å². The molecule has 0 amide bonds. The minimum absolute atomic E-state index is 0.127. The van der Waals surface area contributed by atoms with Crippen molar-refractivity contribution >= 4 is 11.6 Å². The quantitative estimate of drug-likeness (QED) is 0.807. The van der Waals surface area contributed by atoms with Gasteiger partial charge in [0.2, 0.25) is 0 Å². The van der Waals surface area contributed by atoms with Crippen LogP contribution >= 0.6 is 0 Å². The molecule has 0 aromatic heterocycles. The van der Waals surface area contributed by atoms with Crippen LogP contribution in [0.3, 0.4) is 0 Å². The molecule has 126 valence electrons. The lowest BCUT2D eigenvalue weighted by Gasteiger charge is -2.59. The summed E-state index contributed by atoms with van der Waals surface area (Å²) in [6.45, 7) is 4.65. The number of fused-ring (bicyclic) bond motifs is 5. The molecular formula is C20H28O3. The number of hydrogen-bond acceptors (Lipinski definition) is 3. The first-order valence-electron chi connectivity index (χ1n) is 9.30. The normalized spacial score (nSPS) is 49.3. The summed E-state index contributed by atoms with van der Waals surface area (Å²) in [6.07, 6.45) is 7.91. The monoisotopic (exact) mass is 316 g/mol. The van der Waals surface area contributed by atoms with Gasteiger partial charge in [-0.2, -0.15) is 0 Å². The van der Waals surface area contributed by atoms with Gasteiger partial charge in [0.05, 0.1) is 6.61 Å². The summed E-state index contributed by atoms with van der Waals surface area (Å²) in [5, 5.41) is 10.3. The molecule has 1 N–H and O–H groups in total. The van der Waals surface area contributed by atoms with Crippen LogP contribution in [0.2, 0.25) is 0 Å². The maximum absolute atomic E-state index is 12.5. The summed E-state index contributed by atoms with van der Waals surface area (Å²) in [6, 6.07) is 0. The molecule has 3 heteroatoms. The number of ketones is 2. The lowest BCUT2D eigenvalue weighted by molar-refractivity contribution is -0.136. The zero-order valence-electron chi connectivity index (χ0n) is 14.3. The molecule has 0 aromatic rings. The minimum Gasteiger partial charge on any atom is -0.395 e. The molecule has 3 saturated carbocycles. The topological polar surface area (TPSA) is 54.4 Å². The molecule has 0 heterocycles. The van der Waals surface area contributed by atoms with E-state index < -0.39 is 0 Å².